The lowest BCUT2D eigenvalue weighted by Crippen LogP contribution is -2.38. The van der Waals surface area contributed by atoms with Gasteiger partial charge in [0.05, 0.1) is 6.10 Å². The minimum Gasteiger partial charge on any atom is -0.387 e. The molecule has 0 amide bonds. The molecule has 0 spiro atoms. The highest BCUT2D eigenvalue weighted by Gasteiger charge is 2.24. The van der Waals surface area contributed by atoms with E-state index in [0.29, 0.717) is 0 Å². The standard InChI is InChI=1S/C14H18N2O/c17-14(13-7-3-4-8-15-13)11-9-16-12-6-2-1-5-10(11)12/h1-2,5-6,9,13-17H,3-4,7-8H2. The number of aliphatic hydroxyl groups excluding tert-OH is 1. The van der Waals surface area contributed by atoms with Crippen molar-refractivity contribution in [3.05, 3.63) is 36.0 Å². The molecule has 1 fully saturated rings. The van der Waals surface area contributed by atoms with E-state index in [1.54, 1.807) is 0 Å². The summed E-state index contributed by atoms with van der Waals surface area (Å²) in [6.07, 6.45) is 5.01. The molecule has 2 aromatic rings. The Morgan fingerprint density at radius 2 is 2.12 bits per heavy atom. The van der Waals surface area contributed by atoms with Crippen LogP contribution in [0, 0.1) is 0 Å². The Hall–Kier alpha value is -1.32. The summed E-state index contributed by atoms with van der Waals surface area (Å²) in [5.41, 5.74) is 2.11. The van der Waals surface area contributed by atoms with Crippen LogP contribution in [0.4, 0.5) is 0 Å². The fourth-order valence-corrected chi connectivity index (χ4v) is 2.70. The highest BCUT2D eigenvalue weighted by molar-refractivity contribution is 5.83. The van der Waals surface area contributed by atoms with Gasteiger partial charge >= 0.3 is 0 Å². The highest BCUT2D eigenvalue weighted by Crippen LogP contribution is 2.28. The number of para-hydroxylation sites is 1. The second-order valence-electron chi connectivity index (χ2n) is 4.79. The summed E-state index contributed by atoms with van der Waals surface area (Å²) in [7, 11) is 0. The molecular weight excluding hydrogens is 212 g/mol. The molecule has 3 N–H and O–H groups in total. The first-order valence-electron chi connectivity index (χ1n) is 6.34. The van der Waals surface area contributed by atoms with Crippen LogP contribution < -0.4 is 5.32 Å². The van der Waals surface area contributed by atoms with E-state index in [9.17, 15) is 5.11 Å². The Kier molecular flexibility index (Phi) is 2.87. The fourth-order valence-electron chi connectivity index (χ4n) is 2.70. The van der Waals surface area contributed by atoms with Crippen LogP contribution in [0.3, 0.4) is 0 Å². The normalized spacial score (nSPS) is 22.8. The monoisotopic (exact) mass is 230 g/mol. The Bertz CT molecular complexity index is 500. The van der Waals surface area contributed by atoms with Gasteiger partial charge < -0.3 is 15.4 Å². The molecule has 1 aliphatic heterocycles. The summed E-state index contributed by atoms with van der Waals surface area (Å²) in [4.78, 5) is 3.22. The Balaban J connectivity index is 1.92. The molecule has 17 heavy (non-hydrogen) atoms. The average molecular weight is 230 g/mol. The molecule has 0 bridgehead atoms. The first-order valence-corrected chi connectivity index (χ1v) is 6.34. The Labute approximate surface area is 101 Å². The number of aromatic amines is 1. The van der Waals surface area contributed by atoms with E-state index in [4.69, 9.17) is 0 Å². The van der Waals surface area contributed by atoms with Crippen LogP contribution in [0.1, 0.15) is 30.9 Å². The molecule has 1 aromatic heterocycles. The van der Waals surface area contributed by atoms with Gasteiger partial charge in [-0.15, -0.1) is 0 Å². The van der Waals surface area contributed by atoms with E-state index >= 15 is 0 Å². The Morgan fingerprint density at radius 1 is 1.24 bits per heavy atom. The molecule has 2 unspecified atom stereocenters. The van der Waals surface area contributed by atoms with Gasteiger partial charge in [0, 0.05) is 28.7 Å². The summed E-state index contributed by atoms with van der Waals surface area (Å²) >= 11 is 0. The van der Waals surface area contributed by atoms with Crippen molar-refractivity contribution in [1.82, 2.24) is 10.3 Å². The fraction of sp³-hybridized carbons (Fsp3) is 0.429. The van der Waals surface area contributed by atoms with Gasteiger partial charge in [0.1, 0.15) is 0 Å². The number of hydrogen-bond acceptors (Lipinski definition) is 2. The van der Waals surface area contributed by atoms with Gasteiger partial charge in [-0.1, -0.05) is 24.6 Å². The van der Waals surface area contributed by atoms with Gasteiger partial charge in [-0.2, -0.15) is 0 Å². The molecule has 0 aliphatic carbocycles. The zero-order valence-corrected chi connectivity index (χ0v) is 9.82. The van der Waals surface area contributed by atoms with Crippen molar-refractivity contribution in [2.75, 3.05) is 6.54 Å². The zero-order valence-electron chi connectivity index (χ0n) is 9.82. The molecule has 0 saturated carbocycles. The van der Waals surface area contributed by atoms with Crippen molar-refractivity contribution in [2.24, 2.45) is 0 Å². The van der Waals surface area contributed by atoms with Gasteiger partial charge in [-0.05, 0) is 25.5 Å². The van der Waals surface area contributed by atoms with E-state index in [2.05, 4.69) is 16.4 Å². The van der Waals surface area contributed by atoms with Gasteiger partial charge in [0.15, 0.2) is 0 Å². The van der Waals surface area contributed by atoms with Crippen LogP contribution in [0.2, 0.25) is 0 Å². The van der Waals surface area contributed by atoms with Crippen LogP contribution in [0.15, 0.2) is 30.5 Å². The molecular formula is C14H18N2O. The van der Waals surface area contributed by atoms with Crippen molar-refractivity contribution in [1.29, 1.82) is 0 Å². The van der Waals surface area contributed by atoms with Gasteiger partial charge in [0.25, 0.3) is 0 Å². The highest BCUT2D eigenvalue weighted by atomic mass is 16.3. The quantitative estimate of drug-likeness (QED) is 0.741. The van der Waals surface area contributed by atoms with Crippen LogP contribution in [0.5, 0.6) is 0 Å². The van der Waals surface area contributed by atoms with E-state index in [-0.39, 0.29) is 6.04 Å². The number of benzene rings is 1. The maximum Gasteiger partial charge on any atom is 0.0963 e. The summed E-state index contributed by atoms with van der Waals surface area (Å²) < 4.78 is 0. The first-order chi connectivity index (χ1) is 8.36. The maximum absolute atomic E-state index is 10.4. The summed E-state index contributed by atoms with van der Waals surface area (Å²) in [5.74, 6) is 0. The van der Waals surface area contributed by atoms with E-state index in [1.807, 2.05) is 24.4 Å². The molecule has 1 saturated heterocycles. The molecule has 1 aromatic carbocycles. The average Bonchev–Trinajstić information content (AvgIpc) is 2.83. The minimum atomic E-state index is -0.411. The molecule has 0 radical (unpaired) electrons. The number of nitrogens with one attached hydrogen (secondary N) is 2. The summed E-state index contributed by atoms with van der Waals surface area (Å²) in [5, 5.41) is 15.0. The van der Waals surface area contributed by atoms with Gasteiger partial charge in [0.2, 0.25) is 0 Å². The number of piperidine rings is 1. The van der Waals surface area contributed by atoms with E-state index in [1.165, 1.54) is 12.8 Å². The number of hydrogen-bond donors (Lipinski definition) is 3. The smallest absolute Gasteiger partial charge is 0.0963 e. The van der Waals surface area contributed by atoms with Crippen molar-refractivity contribution in [2.45, 2.75) is 31.4 Å². The van der Waals surface area contributed by atoms with Gasteiger partial charge in [-0.3, -0.25) is 0 Å². The largest absolute Gasteiger partial charge is 0.387 e. The van der Waals surface area contributed by atoms with Crippen molar-refractivity contribution in [3.63, 3.8) is 0 Å². The number of aromatic nitrogens is 1. The molecule has 3 rings (SSSR count). The van der Waals surface area contributed by atoms with Crippen LogP contribution in [-0.2, 0) is 0 Å². The molecule has 1 aliphatic rings. The topological polar surface area (TPSA) is 48.0 Å². The number of fused-ring (bicyclic) bond motifs is 1. The second kappa shape index (κ2) is 4.51. The lowest BCUT2D eigenvalue weighted by molar-refractivity contribution is 0.115. The first kappa shape index (κ1) is 10.8. The molecule has 3 heteroatoms. The number of aliphatic hydroxyl groups is 1. The van der Waals surface area contributed by atoms with E-state index in [0.717, 1.165) is 29.4 Å². The van der Waals surface area contributed by atoms with Gasteiger partial charge in [-0.25, -0.2) is 0 Å². The predicted octanol–water partition coefficient (Wildman–Crippen LogP) is 2.34. The van der Waals surface area contributed by atoms with Crippen LogP contribution in [0.25, 0.3) is 10.9 Å². The Morgan fingerprint density at radius 3 is 2.94 bits per heavy atom. The predicted molar refractivity (Wildman–Crippen MR) is 68.9 cm³/mol. The van der Waals surface area contributed by atoms with Crippen LogP contribution >= 0.6 is 0 Å². The third-order valence-corrected chi connectivity index (χ3v) is 3.67. The van der Waals surface area contributed by atoms with E-state index < -0.39 is 6.10 Å². The third kappa shape index (κ3) is 1.96. The second-order valence-corrected chi connectivity index (χ2v) is 4.79. The van der Waals surface area contributed by atoms with Crippen molar-refractivity contribution in [3.8, 4) is 0 Å². The third-order valence-electron chi connectivity index (χ3n) is 3.67. The molecule has 2 atom stereocenters. The van der Waals surface area contributed by atoms with Crippen LogP contribution in [-0.4, -0.2) is 22.7 Å². The SMILES string of the molecule is OC(c1c[nH]c2ccccc12)C1CCCCN1. The zero-order chi connectivity index (χ0) is 11.7. The number of rotatable bonds is 2. The summed E-state index contributed by atoms with van der Waals surface area (Å²) in [6.45, 7) is 1.02. The van der Waals surface area contributed by atoms with Crippen molar-refractivity contribution < 1.29 is 5.11 Å². The summed E-state index contributed by atoms with van der Waals surface area (Å²) in [6, 6.07) is 8.32. The number of H-pyrrole nitrogens is 1. The van der Waals surface area contributed by atoms with Crippen molar-refractivity contribution >= 4 is 10.9 Å². The maximum atomic E-state index is 10.4. The lowest BCUT2D eigenvalue weighted by atomic mass is 9.95. The molecule has 2 heterocycles. The molecule has 3 nitrogen and oxygen atoms in total. The lowest BCUT2D eigenvalue weighted by Gasteiger charge is -2.27. The minimum absolute atomic E-state index is 0.197. The molecule has 90 valence electrons.